The molecule has 0 spiro atoms. The Morgan fingerprint density at radius 3 is 1.67 bits per heavy atom. The Kier molecular flexibility index (Phi) is 5.45. The second-order valence-electron chi connectivity index (χ2n) is 7.02. The summed E-state index contributed by atoms with van der Waals surface area (Å²) in [6.07, 6.45) is -0.762. The Balaban J connectivity index is 2.01. The van der Waals surface area contributed by atoms with Crippen LogP contribution in [0.5, 0.6) is 0 Å². The van der Waals surface area contributed by atoms with Crippen LogP contribution in [0.2, 0.25) is 0 Å². The van der Waals surface area contributed by atoms with Crippen molar-refractivity contribution >= 4 is 20.0 Å². The minimum absolute atomic E-state index is 0.130. The number of hydrogen-bond acceptors (Lipinski definition) is 4. The second kappa shape index (κ2) is 7.35. The van der Waals surface area contributed by atoms with E-state index in [1.54, 1.807) is 42.5 Å². The van der Waals surface area contributed by atoms with Gasteiger partial charge in [-0.05, 0) is 37.1 Å². The van der Waals surface area contributed by atoms with Gasteiger partial charge in [0.25, 0.3) is 0 Å². The van der Waals surface area contributed by atoms with Gasteiger partial charge in [0, 0.05) is 13.1 Å². The van der Waals surface area contributed by atoms with E-state index in [2.05, 4.69) is 0 Å². The normalized spacial score (nSPS) is 19.6. The van der Waals surface area contributed by atoms with Gasteiger partial charge in [-0.2, -0.15) is 8.61 Å². The van der Waals surface area contributed by atoms with Crippen molar-refractivity contribution in [3.8, 4) is 0 Å². The molecule has 0 saturated carbocycles. The second-order valence-corrected chi connectivity index (χ2v) is 10.8. The molecule has 27 heavy (non-hydrogen) atoms. The first-order valence-corrected chi connectivity index (χ1v) is 11.7. The van der Waals surface area contributed by atoms with Crippen LogP contribution in [-0.2, 0) is 20.0 Å². The van der Waals surface area contributed by atoms with Crippen molar-refractivity contribution < 1.29 is 16.8 Å². The molecule has 1 aliphatic rings. The first-order valence-electron chi connectivity index (χ1n) is 8.81. The fourth-order valence-corrected chi connectivity index (χ4v) is 6.88. The summed E-state index contributed by atoms with van der Waals surface area (Å²) in [5.41, 5.74) is 0.962. The lowest BCUT2D eigenvalue weighted by Gasteiger charge is -2.32. The Hall–Kier alpha value is -1.74. The summed E-state index contributed by atoms with van der Waals surface area (Å²) in [7, 11) is -7.59. The van der Waals surface area contributed by atoms with E-state index in [1.165, 1.54) is 20.7 Å². The van der Waals surface area contributed by atoms with Gasteiger partial charge in [0.1, 0.15) is 0 Å². The molecule has 1 heterocycles. The summed E-state index contributed by atoms with van der Waals surface area (Å²) in [4.78, 5) is 0.350. The van der Waals surface area contributed by atoms with Gasteiger partial charge in [-0.15, -0.1) is 0 Å². The molecule has 1 aliphatic heterocycles. The van der Waals surface area contributed by atoms with E-state index in [1.807, 2.05) is 20.8 Å². The van der Waals surface area contributed by atoms with Crippen LogP contribution < -0.4 is 0 Å². The Bertz CT molecular complexity index is 1000. The molecule has 6 nitrogen and oxygen atoms in total. The molecule has 2 aromatic carbocycles. The summed E-state index contributed by atoms with van der Waals surface area (Å²) in [6, 6.07) is 14.7. The largest absolute Gasteiger partial charge is 0.244 e. The summed E-state index contributed by atoms with van der Waals surface area (Å²) >= 11 is 0. The molecule has 0 aliphatic carbocycles. The zero-order valence-corrected chi connectivity index (χ0v) is 17.2. The van der Waals surface area contributed by atoms with Gasteiger partial charge in [-0.1, -0.05) is 49.7 Å². The number of rotatable bonds is 5. The topological polar surface area (TPSA) is 74.8 Å². The molecule has 0 radical (unpaired) electrons. The first-order chi connectivity index (χ1) is 12.7. The average Bonchev–Trinajstić information content (AvgIpc) is 3.10. The molecule has 0 aromatic heterocycles. The lowest BCUT2D eigenvalue weighted by atomic mass is 10.2. The number of benzene rings is 2. The van der Waals surface area contributed by atoms with E-state index in [9.17, 15) is 16.8 Å². The molecular weight excluding hydrogens is 384 g/mol. The minimum Gasteiger partial charge on any atom is -0.207 e. The Labute approximate surface area is 161 Å². The monoisotopic (exact) mass is 408 g/mol. The number of nitrogens with zero attached hydrogens (tertiary/aromatic N) is 2. The van der Waals surface area contributed by atoms with Crippen molar-refractivity contribution in [1.82, 2.24) is 8.61 Å². The van der Waals surface area contributed by atoms with Gasteiger partial charge < -0.3 is 0 Å². The van der Waals surface area contributed by atoms with Crippen LogP contribution in [0.3, 0.4) is 0 Å². The van der Waals surface area contributed by atoms with Gasteiger partial charge in [0.05, 0.1) is 16.0 Å². The molecule has 1 fully saturated rings. The highest BCUT2D eigenvalue weighted by molar-refractivity contribution is 7.90. The summed E-state index contributed by atoms with van der Waals surface area (Å²) in [6.45, 7) is 5.82. The fourth-order valence-electron chi connectivity index (χ4n) is 3.37. The van der Waals surface area contributed by atoms with E-state index in [0.29, 0.717) is 0 Å². The van der Waals surface area contributed by atoms with Crippen LogP contribution in [0.4, 0.5) is 0 Å². The molecule has 0 N–H and O–H groups in total. The number of sulfonamides is 2. The highest BCUT2D eigenvalue weighted by Gasteiger charge is 2.46. The van der Waals surface area contributed by atoms with E-state index in [0.717, 1.165) is 5.56 Å². The standard InChI is InChI=1S/C19H24N2O4S2/c1-15(2)19-20(26(22,23)17-7-5-4-6-8-17)13-14-21(19)27(24,25)18-11-9-16(3)10-12-18/h4-12,15,19H,13-14H2,1-3H3. The number of aryl methyl sites for hydroxylation is 1. The number of hydrogen-bond donors (Lipinski definition) is 0. The summed E-state index contributed by atoms with van der Waals surface area (Å²) in [5.74, 6) is -0.203. The lowest BCUT2D eigenvalue weighted by molar-refractivity contribution is 0.219. The molecule has 3 rings (SSSR count). The maximum atomic E-state index is 13.2. The van der Waals surface area contributed by atoms with Crippen LogP contribution in [0.1, 0.15) is 19.4 Å². The SMILES string of the molecule is Cc1ccc(S(=O)(=O)N2CCN(S(=O)(=O)c3ccccc3)C2C(C)C)cc1. The Morgan fingerprint density at radius 2 is 1.22 bits per heavy atom. The van der Waals surface area contributed by atoms with Crippen molar-refractivity contribution in [1.29, 1.82) is 0 Å². The highest BCUT2D eigenvalue weighted by atomic mass is 32.2. The highest BCUT2D eigenvalue weighted by Crippen LogP contribution is 2.32. The third kappa shape index (κ3) is 3.67. The van der Waals surface area contributed by atoms with Crippen LogP contribution in [-0.4, -0.2) is 44.7 Å². The van der Waals surface area contributed by atoms with Crippen LogP contribution in [0, 0.1) is 12.8 Å². The van der Waals surface area contributed by atoms with E-state index < -0.39 is 26.2 Å². The maximum Gasteiger partial charge on any atom is 0.244 e. The Morgan fingerprint density at radius 1 is 0.778 bits per heavy atom. The molecular formula is C19H24N2O4S2. The van der Waals surface area contributed by atoms with Gasteiger partial charge in [0.2, 0.25) is 20.0 Å². The third-order valence-corrected chi connectivity index (χ3v) is 8.47. The van der Waals surface area contributed by atoms with Crippen molar-refractivity contribution in [2.24, 2.45) is 5.92 Å². The zero-order chi connectivity index (χ0) is 19.8. The fraction of sp³-hybridized carbons (Fsp3) is 0.368. The predicted molar refractivity (Wildman–Crippen MR) is 104 cm³/mol. The molecule has 0 bridgehead atoms. The van der Waals surface area contributed by atoms with Gasteiger partial charge in [0.15, 0.2) is 0 Å². The molecule has 0 amide bonds. The van der Waals surface area contributed by atoms with Crippen molar-refractivity contribution in [2.75, 3.05) is 13.1 Å². The summed E-state index contributed by atoms with van der Waals surface area (Å²) < 4.78 is 55.2. The van der Waals surface area contributed by atoms with Gasteiger partial charge in [-0.25, -0.2) is 16.8 Å². The van der Waals surface area contributed by atoms with Crippen LogP contribution in [0.25, 0.3) is 0 Å². The predicted octanol–water partition coefficient (Wildman–Crippen LogP) is 2.67. The molecule has 1 atom stereocenters. The molecule has 8 heteroatoms. The van der Waals surface area contributed by atoms with Crippen LogP contribution >= 0.6 is 0 Å². The zero-order valence-electron chi connectivity index (χ0n) is 15.6. The van der Waals surface area contributed by atoms with Gasteiger partial charge in [-0.3, -0.25) is 0 Å². The molecule has 2 aromatic rings. The first kappa shape index (κ1) is 20.0. The summed E-state index contributed by atoms with van der Waals surface area (Å²) in [5, 5.41) is 0. The van der Waals surface area contributed by atoms with Crippen LogP contribution in [0.15, 0.2) is 64.4 Å². The molecule has 1 unspecified atom stereocenters. The lowest BCUT2D eigenvalue weighted by Crippen LogP contribution is -2.47. The van der Waals surface area contributed by atoms with E-state index in [-0.39, 0.29) is 28.8 Å². The third-order valence-electron chi connectivity index (χ3n) is 4.70. The molecule has 1 saturated heterocycles. The quantitative estimate of drug-likeness (QED) is 0.762. The maximum absolute atomic E-state index is 13.2. The van der Waals surface area contributed by atoms with Gasteiger partial charge >= 0.3 is 0 Å². The van der Waals surface area contributed by atoms with E-state index in [4.69, 9.17) is 0 Å². The average molecular weight is 409 g/mol. The molecule has 146 valence electrons. The van der Waals surface area contributed by atoms with Crippen molar-refractivity contribution in [2.45, 2.75) is 36.7 Å². The van der Waals surface area contributed by atoms with Crippen molar-refractivity contribution in [3.05, 3.63) is 60.2 Å². The van der Waals surface area contributed by atoms with Crippen molar-refractivity contribution in [3.63, 3.8) is 0 Å². The van der Waals surface area contributed by atoms with E-state index >= 15 is 0 Å². The smallest absolute Gasteiger partial charge is 0.207 e. The minimum atomic E-state index is -3.80.